The van der Waals surface area contributed by atoms with Crippen LogP contribution in [0, 0.1) is 22.7 Å². The Hall–Kier alpha value is -0.490. The molecular weight excluding hydrogens is 323 g/mol. The molecular formula is C20H31FO4. The summed E-state index contributed by atoms with van der Waals surface area (Å²) in [5.74, 6) is -0.543. The van der Waals surface area contributed by atoms with Gasteiger partial charge in [0, 0.05) is 16.7 Å². The molecule has 5 heteroatoms. The second kappa shape index (κ2) is 5.06. The average Bonchev–Trinajstić information content (AvgIpc) is 2.75. The van der Waals surface area contributed by atoms with Crippen LogP contribution in [0.5, 0.6) is 0 Å². The summed E-state index contributed by atoms with van der Waals surface area (Å²) in [6.45, 7) is 5.57. The molecule has 4 N–H and O–H groups in total. The molecule has 0 aromatic heterocycles. The van der Waals surface area contributed by atoms with E-state index in [0.717, 1.165) is 6.42 Å². The van der Waals surface area contributed by atoms with Gasteiger partial charge in [-0.05, 0) is 56.9 Å². The lowest BCUT2D eigenvalue weighted by atomic mass is 9.43. The summed E-state index contributed by atoms with van der Waals surface area (Å²) in [4.78, 5) is 0. The van der Waals surface area contributed by atoms with Gasteiger partial charge in [0.15, 0.2) is 0 Å². The molecule has 0 saturated heterocycles. The van der Waals surface area contributed by atoms with Crippen LogP contribution in [0.1, 0.15) is 59.3 Å². The van der Waals surface area contributed by atoms with E-state index < -0.39 is 46.3 Å². The van der Waals surface area contributed by atoms with Crippen LogP contribution >= 0.6 is 0 Å². The third kappa shape index (κ3) is 1.96. The molecule has 4 nitrogen and oxygen atoms in total. The van der Waals surface area contributed by atoms with E-state index in [-0.39, 0.29) is 18.8 Å². The number of aliphatic hydroxyl groups is 4. The van der Waals surface area contributed by atoms with Crippen LogP contribution in [0.25, 0.3) is 0 Å². The van der Waals surface area contributed by atoms with Gasteiger partial charge in [0.25, 0.3) is 0 Å². The molecule has 25 heavy (non-hydrogen) atoms. The van der Waals surface area contributed by atoms with E-state index in [4.69, 9.17) is 0 Å². The van der Waals surface area contributed by atoms with Crippen molar-refractivity contribution in [3.63, 3.8) is 0 Å². The van der Waals surface area contributed by atoms with E-state index in [9.17, 15) is 20.4 Å². The molecule has 0 heterocycles. The van der Waals surface area contributed by atoms with Crippen molar-refractivity contribution >= 4 is 0 Å². The molecule has 0 bridgehead atoms. The van der Waals surface area contributed by atoms with Crippen molar-refractivity contribution in [2.24, 2.45) is 22.7 Å². The summed E-state index contributed by atoms with van der Waals surface area (Å²) >= 11 is 0. The third-order valence-electron chi connectivity index (χ3n) is 8.75. The molecule has 0 amide bonds. The minimum Gasteiger partial charge on any atom is -0.390 e. The Morgan fingerprint density at radius 1 is 1.04 bits per heavy atom. The molecule has 0 spiro atoms. The van der Waals surface area contributed by atoms with Gasteiger partial charge in [0.05, 0.1) is 23.9 Å². The quantitative estimate of drug-likeness (QED) is 0.502. The van der Waals surface area contributed by atoms with Crippen LogP contribution in [0.2, 0.25) is 0 Å². The van der Waals surface area contributed by atoms with Gasteiger partial charge in [-0.3, -0.25) is 0 Å². The molecule has 0 aromatic carbocycles. The molecule has 9 atom stereocenters. The highest BCUT2D eigenvalue weighted by Gasteiger charge is 2.73. The van der Waals surface area contributed by atoms with Crippen LogP contribution in [0.15, 0.2) is 11.6 Å². The van der Waals surface area contributed by atoms with Gasteiger partial charge < -0.3 is 20.4 Å². The molecule has 0 unspecified atom stereocenters. The molecule has 4 aliphatic carbocycles. The Balaban J connectivity index is 1.84. The van der Waals surface area contributed by atoms with Crippen molar-refractivity contribution in [3.05, 3.63) is 11.6 Å². The molecule has 4 rings (SSSR count). The Kier molecular flexibility index (Phi) is 3.62. The second-order valence-electron chi connectivity index (χ2n) is 9.74. The minimum absolute atomic E-state index is 0.0595. The second-order valence-corrected chi connectivity index (χ2v) is 9.74. The van der Waals surface area contributed by atoms with Gasteiger partial charge in [0.2, 0.25) is 0 Å². The summed E-state index contributed by atoms with van der Waals surface area (Å²) in [5.41, 5.74) is -3.72. The Morgan fingerprint density at radius 2 is 1.72 bits per heavy atom. The smallest absolute Gasteiger partial charge is 0.149 e. The molecule has 4 aliphatic rings. The number of halogens is 1. The first-order valence-corrected chi connectivity index (χ1v) is 9.65. The molecule has 3 saturated carbocycles. The van der Waals surface area contributed by atoms with E-state index in [1.807, 2.05) is 6.92 Å². The van der Waals surface area contributed by atoms with Gasteiger partial charge in [0.1, 0.15) is 5.67 Å². The third-order valence-corrected chi connectivity index (χ3v) is 8.75. The van der Waals surface area contributed by atoms with Crippen molar-refractivity contribution in [2.75, 3.05) is 0 Å². The van der Waals surface area contributed by atoms with Crippen LogP contribution < -0.4 is 0 Å². The van der Waals surface area contributed by atoms with Gasteiger partial charge in [-0.25, -0.2) is 4.39 Å². The number of fused-ring (bicyclic) bond motifs is 5. The van der Waals surface area contributed by atoms with E-state index in [0.29, 0.717) is 24.8 Å². The number of alkyl halides is 1. The molecule has 3 fully saturated rings. The highest BCUT2D eigenvalue weighted by molar-refractivity contribution is 5.35. The van der Waals surface area contributed by atoms with Gasteiger partial charge >= 0.3 is 0 Å². The monoisotopic (exact) mass is 354 g/mol. The predicted molar refractivity (Wildman–Crippen MR) is 91.5 cm³/mol. The lowest BCUT2D eigenvalue weighted by Gasteiger charge is -2.64. The summed E-state index contributed by atoms with van der Waals surface area (Å²) in [6, 6.07) is 0. The first-order valence-electron chi connectivity index (χ1n) is 9.65. The van der Waals surface area contributed by atoms with E-state index >= 15 is 4.39 Å². The maximum absolute atomic E-state index is 16.7. The zero-order chi connectivity index (χ0) is 18.4. The zero-order valence-electron chi connectivity index (χ0n) is 15.4. The standard InChI is InChI=1S/C20H31FO4/c1-17-6-4-11(22)8-14(17)15(23)9-13-12-5-7-19(3,25)18(12,2)10-16(24)20(13,17)21/h8,11-13,15-16,22-25H,4-7,9-10H2,1-3H3/t11-,12+,13+,15-,16+,17+,18+,19+,20+/m1/s1. The molecule has 0 radical (unpaired) electrons. The Morgan fingerprint density at radius 3 is 2.40 bits per heavy atom. The van der Waals surface area contributed by atoms with Crippen LogP contribution in [0.4, 0.5) is 4.39 Å². The highest BCUT2D eigenvalue weighted by Crippen LogP contribution is 2.70. The molecule has 0 aromatic rings. The predicted octanol–water partition coefficient (Wildman–Crippen LogP) is 2.09. The highest BCUT2D eigenvalue weighted by atomic mass is 19.1. The lowest BCUT2D eigenvalue weighted by Crippen LogP contribution is -2.70. The van der Waals surface area contributed by atoms with Crippen molar-refractivity contribution < 1.29 is 24.8 Å². The van der Waals surface area contributed by atoms with Crippen LogP contribution in [-0.2, 0) is 0 Å². The lowest BCUT2D eigenvalue weighted by molar-refractivity contribution is -0.235. The topological polar surface area (TPSA) is 80.9 Å². The molecule has 0 aliphatic heterocycles. The van der Waals surface area contributed by atoms with Crippen molar-refractivity contribution in [3.8, 4) is 0 Å². The fraction of sp³-hybridized carbons (Fsp3) is 0.900. The largest absolute Gasteiger partial charge is 0.390 e. The fourth-order valence-corrected chi connectivity index (χ4v) is 6.97. The number of aliphatic hydroxyl groups excluding tert-OH is 3. The van der Waals surface area contributed by atoms with E-state index in [1.165, 1.54) is 0 Å². The average molecular weight is 354 g/mol. The SMILES string of the molecule is C[C@]1(O)CC[C@H]2[C@@H]3C[C@@H](O)C4=C[C@H](O)CC[C@]4(C)[C@@]3(F)[C@@H](O)C[C@@]21C. The number of rotatable bonds is 0. The fourth-order valence-electron chi connectivity index (χ4n) is 6.97. The van der Waals surface area contributed by atoms with Crippen molar-refractivity contribution in [1.29, 1.82) is 0 Å². The van der Waals surface area contributed by atoms with Gasteiger partial charge in [-0.1, -0.05) is 19.9 Å². The zero-order valence-corrected chi connectivity index (χ0v) is 15.4. The first-order chi connectivity index (χ1) is 11.5. The van der Waals surface area contributed by atoms with Crippen molar-refractivity contribution in [2.45, 2.75) is 88.9 Å². The van der Waals surface area contributed by atoms with Crippen LogP contribution in [-0.4, -0.2) is 50.0 Å². The normalized spacial score (nSPS) is 61.1. The summed E-state index contributed by atoms with van der Waals surface area (Å²) in [5, 5.41) is 42.7. The Bertz CT molecular complexity index is 619. The van der Waals surface area contributed by atoms with Gasteiger partial charge in [-0.2, -0.15) is 0 Å². The van der Waals surface area contributed by atoms with Gasteiger partial charge in [-0.15, -0.1) is 0 Å². The van der Waals surface area contributed by atoms with Crippen molar-refractivity contribution in [1.82, 2.24) is 0 Å². The summed E-state index contributed by atoms with van der Waals surface area (Å²) in [6.07, 6.45) is 1.63. The molecule has 142 valence electrons. The van der Waals surface area contributed by atoms with E-state index in [1.54, 1.807) is 19.9 Å². The van der Waals surface area contributed by atoms with Crippen LogP contribution in [0.3, 0.4) is 0 Å². The maximum atomic E-state index is 16.7. The summed E-state index contributed by atoms with van der Waals surface area (Å²) in [7, 11) is 0. The van der Waals surface area contributed by atoms with E-state index in [2.05, 4.69) is 0 Å². The Labute approximate surface area is 148 Å². The first kappa shape index (κ1) is 17.9. The number of hydrogen-bond acceptors (Lipinski definition) is 4. The summed E-state index contributed by atoms with van der Waals surface area (Å²) < 4.78 is 16.7. The number of hydrogen-bond donors (Lipinski definition) is 4. The maximum Gasteiger partial charge on any atom is 0.149 e. The minimum atomic E-state index is -1.83.